The highest BCUT2D eigenvalue weighted by Gasteiger charge is 2.42. The Morgan fingerprint density at radius 1 is 1.29 bits per heavy atom. The van der Waals surface area contributed by atoms with Crippen LogP contribution in [0.2, 0.25) is 0 Å². The molecular weight excluding hydrogens is 190 g/mol. The Morgan fingerprint density at radius 2 is 1.86 bits per heavy atom. The molecule has 5 atom stereocenters. The summed E-state index contributed by atoms with van der Waals surface area (Å²) in [5, 5.41) is 30.6. The molecule has 1 fully saturated rings. The van der Waals surface area contributed by atoms with E-state index in [1.54, 1.807) is 6.92 Å². The Kier molecular flexibility index (Phi) is 3.43. The number of rotatable bonds is 1. The van der Waals surface area contributed by atoms with Crippen molar-refractivity contribution in [3.05, 3.63) is 0 Å². The third kappa shape index (κ3) is 2.21. The summed E-state index contributed by atoms with van der Waals surface area (Å²) in [6.45, 7) is 2.82. The number of aliphatic hydroxyl groups is 3. The van der Waals surface area contributed by atoms with Gasteiger partial charge in [0.05, 0.1) is 12.1 Å². The van der Waals surface area contributed by atoms with E-state index in [4.69, 9.17) is 4.74 Å². The van der Waals surface area contributed by atoms with Crippen LogP contribution in [-0.4, -0.2) is 51.9 Å². The van der Waals surface area contributed by atoms with Crippen LogP contribution in [0.4, 0.5) is 0 Å². The number of hydrogen-bond acceptors (Lipinski definition) is 5. The molecule has 0 aromatic carbocycles. The Labute approximate surface area is 81.5 Å². The van der Waals surface area contributed by atoms with Crippen molar-refractivity contribution in [3.63, 3.8) is 0 Å². The molecule has 0 bridgehead atoms. The maximum atomic E-state index is 10.8. The molecule has 1 saturated heterocycles. The van der Waals surface area contributed by atoms with Crippen LogP contribution in [0.3, 0.4) is 0 Å². The number of aliphatic hydroxyl groups excluding tert-OH is 3. The zero-order chi connectivity index (χ0) is 10.9. The first-order chi connectivity index (χ1) is 6.43. The van der Waals surface area contributed by atoms with Gasteiger partial charge in [0.1, 0.15) is 12.2 Å². The van der Waals surface area contributed by atoms with Gasteiger partial charge in [-0.25, -0.2) is 0 Å². The number of ether oxygens (including phenoxy) is 1. The van der Waals surface area contributed by atoms with Crippen molar-refractivity contribution in [3.8, 4) is 0 Å². The van der Waals surface area contributed by atoms with Crippen LogP contribution in [0.1, 0.15) is 13.8 Å². The molecule has 0 unspecified atom stereocenters. The van der Waals surface area contributed by atoms with Crippen molar-refractivity contribution < 1.29 is 24.9 Å². The number of hydrogen-bond donors (Lipinski definition) is 4. The normalized spacial score (nSPS) is 43.4. The summed E-state index contributed by atoms with van der Waals surface area (Å²) in [6.07, 6.45) is -4.36. The minimum Gasteiger partial charge on any atom is -0.388 e. The van der Waals surface area contributed by atoms with Crippen LogP contribution >= 0.6 is 0 Å². The molecule has 6 heteroatoms. The molecule has 0 aromatic rings. The van der Waals surface area contributed by atoms with Gasteiger partial charge in [-0.2, -0.15) is 0 Å². The van der Waals surface area contributed by atoms with Gasteiger partial charge in [-0.15, -0.1) is 0 Å². The fourth-order valence-corrected chi connectivity index (χ4v) is 1.46. The maximum Gasteiger partial charge on any atom is 0.217 e. The molecular formula is C8H15NO5. The zero-order valence-electron chi connectivity index (χ0n) is 8.04. The quantitative estimate of drug-likeness (QED) is 0.395. The molecule has 0 spiro atoms. The van der Waals surface area contributed by atoms with Crippen LogP contribution < -0.4 is 5.32 Å². The molecule has 0 aromatic heterocycles. The Bertz CT molecular complexity index is 208. The van der Waals surface area contributed by atoms with Crippen LogP contribution in [0, 0.1) is 0 Å². The number of carbonyl (C=O) groups is 1. The summed E-state index contributed by atoms with van der Waals surface area (Å²) in [5.74, 6) is -0.380. The first kappa shape index (κ1) is 11.4. The van der Waals surface area contributed by atoms with Crippen molar-refractivity contribution in [2.45, 2.75) is 44.5 Å². The summed E-state index contributed by atoms with van der Waals surface area (Å²) >= 11 is 0. The lowest BCUT2D eigenvalue weighted by molar-refractivity contribution is -0.251. The van der Waals surface area contributed by atoms with E-state index in [0.29, 0.717) is 0 Å². The Hall–Kier alpha value is -0.690. The molecule has 0 aliphatic carbocycles. The SMILES string of the molecule is CC(=O)N[C@@H]1[C@@H](O)[C@H](C)O[C@H](O)[C@@H]1O. The standard InChI is InChI=1S/C8H15NO5/c1-3-6(11)5(9-4(2)10)7(12)8(13)14-3/h3,5-8,11-13H,1-2H3,(H,9,10)/t3-,5+,6-,7+,8-/m0/s1. The van der Waals surface area contributed by atoms with Crippen molar-refractivity contribution in [1.29, 1.82) is 0 Å². The highest BCUT2D eigenvalue weighted by Crippen LogP contribution is 2.19. The van der Waals surface area contributed by atoms with E-state index in [2.05, 4.69) is 5.32 Å². The summed E-state index contributed by atoms with van der Waals surface area (Å²) in [6, 6.07) is -0.897. The second kappa shape index (κ2) is 4.22. The van der Waals surface area contributed by atoms with Crippen LogP contribution in [0.5, 0.6) is 0 Å². The highest BCUT2D eigenvalue weighted by molar-refractivity contribution is 5.73. The first-order valence-corrected chi connectivity index (χ1v) is 4.40. The average molecular weight is 205 g/mol. The predicted molar refractivity (Wildman–Crippen MR) is 46.2 cm³/mol. The summed E-state index contributed by atoms with van der Waals surface area (Å²) in [7, 11) is 0. The summed E-state index contributed by atoms with van der Waals surface area (Å²) < 4.78 is 4.83. The fourth-order valence-electron chi connectivity index (χ4n) is 1.46. The number of nitrogens with one attached hydrogen (secondary N) is 1. The van der Waals surface area contributed by atoms with Crippen LogP contribution in [0.15, 0.2) is 0 Å². The highest BCUT2D eigenvalue weighted by atomic mass is 16.6. The minimum absolute atomic E-state index is 0.380. The zero-order valence-corrected chi connectivity index (χ0v) is 8.04. The van der Waals surface area contributed by atoms with E-state index in [-0.39, 0.29) is 5.91 Å². The number of amides is 1. The van der Waals surface area contributed by atoms with Gasteiger partial charge in [0.2, 0.25) is 5.91 Å². The van der Waals surface area contributed by atoms with Gasteiger partial charge in [0, 0.05) is 6.92 Å². The first-order valence-electron chi connectivity index (χ1n) is 4.40. The summed E-state index contributed by atoms with van der Waals surface area (Å²) in [4.78, 5) is 10.8. The van der Waals surface area contributed by atoms with Crippen molar-refractivity contribution in [2.75, 3.05) is 0 Å². The molecule has 1 rings (SSSR count). The topological polar surface area (TPSA) is 99.0 Å². The second-order valence-corrected chi connectivity index (χ2v) is 3.44. The van der Waals surface area contributed by atoms with E-state index in [1.165, 1.54) is 6.92 Å². The summed E-state index contributed by atoms with van der Waals surface area (Å²) in [5.41, 5.74) is 0. The number of carbonyl (C=O) groups excluding carboxylic acids is 1. The third-order valence-electron chi connectivity index (χ3n) is 2.23. The van der Waals surface area contributed by atoms with Crippen LogP contribution in [0.25, 0.3) is 0 Å². The van der Waals surface area contributed by atoms with Gasteiger partial charge in [0.25, 0.3) is 0 Å². The molecule has 6 nitrogen and oxygen atoms in total. The third-order valence-corrected chi connectivity index (χ3v) is 2.23. The molecule has 82 valence electrons. The van der Waals surface area contributed by atoms with Gasteiger partial charge in [-0.3, -0.25) is 4.79 Å². The molecule has 0 saturated carbocycles. The molecule has 14 heavy (non-hydrogen) atoms. The fraction of sp³-hybridized carbons (Fsp3) is 0.875. The monoisotopic (exact) mass is 205 g/mol. The predicted octanol–water partition coefficient (Wildman–Crippen LogP) is -2.05. The minimum atomic E-state index is -1.38. The largest absolute Gasteiger partial charge is 0.388 e. The van der Waals surface area contributed by atoms with E-state index < -0.39 is 30.6 Å². The Morgan fingerprint density at radius 3 is 2.36 bits per heavy atom. The van der Waals surface area contributed by atoms with E-state index >= 15 is 0 Å². The van der Waals surface area contributed by atoms with Gasteiger partial charge in [-0.1, -0.05) is 0 Å². The van der Waals surface area contributed by atoms with Gasteiger partial charge >= 0.3 is 0 Å². The van der Waals surface area contributed by atoms with Gasteiger partial charge < -0.3 is 25.4 Å². The van der Waals surface area contributed by atoms with Crippen molar-refractivity contribution in [2.24, 2.45) is 0 Å². The molecule has 4 N–H and O–H groups in total. The van der Waals surface area contributed by atoms with Crippen molar-refractivity contribution >= 4 is 5.91 Å². The maximum absolute atomic E-state index is 10.8. The van der Waals surface area contributed by atoms with E-state index in [0.717, 1.165) is 0 Å². The smallest absolute Gasteiger partial charge is 0.217 e. The average Bonchev–Trinajstić information content (AvgIpc) is 2.09. The molecule has 1 heterocycles. The van der Waals surface area contributed by atoms with E-state index in [1.807, 2.05) is 0 Å². The molecule has 0 radical (unpaired) electrons. The lowest BCUT2D eigenvalue weighted by atomic mass is 9.97. The molecule has 1 amide bonds. The van der Waals surface area contributed by atoms with Crippen LogP contribution in [-0.2, 0) is 9.53 Å². The second-order valence-electron chi connectivity index (χ2n) is 3.44. The van der Waals surface area contributed by atoms with Gasteiger partial charge in [-0.05, 0) is 6.92 Å². The lowest BCUT2D eigenvalue weighted by Gasteiger charge is -2.39. The molecule has 1 aliphatic heterocycles. The lowest BCUT2D eigenvalue weighted by Crippen LogP contribution is -2.62. The van der Waals surface area contributed by atoms with E-state index in [9.17, 15) is 20.1 Å². The van der Waals surface area contributed by atoms with Crippen molar-refractivity contribution in [1.82, 2.24) is 5.32 Å². The van der Waals surface area contributed by atoms with Gasteiger partial charge in [0.15, 0.2) is 6.29 Å². The Balaban J connectivity index is 2.71. The molecule has 1 aliphatic rings.